The summed E-state index contributed by atoms with van der Waals surface area (Å²) < 4.78 is 0. The third kappa shape index (κ3) is 2.60. The quantitative estimate of drug-likeness (QED) is 0.792. The van der Waals surface area contributed by atoms with E-state index in [0.717, 1.165) is 23.9 Å². The van der Waals surface area contributed by atoms with Crippen LogP contribution in [-0.2, 0) is 0 Å². The Morgan fingerprint density at radius 3 is 2.44 bits per heavy atom. The van der Waals surface area contributed by atoms with E-state index < -0.39 is 0 Å². The van der Waals surface area contributed by atoms with Crippen LogP contribution in [0.3, 0.4) is 0 Å². The summed E-state index contributed by atoms with van der Waals surface area (Å²) in [4.78, 5) is 2.79. The molecule has 0 amide bonds. The fourth-order valence-corrected chi connectivity index (χ4v) is 3.58. The second kappa shape index (κ2) is 5.50. The molecular weight excluding hydrogens is 196 g/mol. The first-order valence-corrected chi connectivity index (χ1v) is 7.16. The number of nitrogens with zero attached hydrogens (tertiary/aromatic N) is 1. The largest absolute Gasteiger partial charge is 0.314 e. The number of rotatable bonds is 3. The molecule has 0 aromatic heterocycles. The summed E-state index contributed by atoms with van der Waals surface area (Å²) >= 11 is 0. The predicted octanol–water partition coefficient (Wildman–Crippen LogP) is 2.49. The average Bonchev–Trinajstić information content (AvgIpc) is 2.81. The maximum absolute atomic E-state index is 3.55. The van der Waals surface area contributed by atoms with Crippen LogP contribution in [0.2, 0.25) is 0 Å². The molecule has 2 aliphatic rings. The van der Waals surface area contributed by atoms with Gasteiger partial charge in [0.2, 0.25) is 0 Å². The van der Waals surface area contributed by atoms with E-state index in [1.165, 1.54) is 45.3 Å². The maximum atomic E-state index is 3.55. The van der Waals surface area contributed by atoms with Gasteiger partial charge in [-0.2, -0.15) is 0 Å². The molecule has 0 radical (unpaired) electrons. The lowest BCUT2D eigenvalue weighted by atomic mass is 9.92. The average molecular weight is 224 g/mol. The summed E-state index contributed by atoms with van der Waals surface area (Å²) in [7, 11) is 0. The molecule has 1 aliphatic heterocycles. The van der Waals surface area contributed by atoms with Crippen molar-refractivity contribution in [3.05, 3.63) is 0 Å². The zero-order valence-corrected chi connectivity index (χ0v) is 11.2. The highest BCUT2D eigenvalue weighted by Crippen LogP contribution is 2.32. The van der Waals surface area contributed by atoms with Gasteiger partial charge in [-0.05, 0) is 31.6 Å². The molecule has 1 saturated heterocycles. The molecule has 1 heterocycles. The van der Waals surface area contributed by atoms with Gasteiger partial charge in [0.15, 0.2) is 0 Å². The Morgan fingerprint density at radius 2 is 1.81 bits per heavy atom. The Hall–Kier alpha value is -0.0800. The summed E-state index contributed by atoms with van der Waals surface area (Å²) in [6.45, 7) is 10.8. The van der Waals surface area contributed by atoms with Crippen LogP contribution < -0.4 is 5.32 Å². The molecule has 2 nitrogen and oxygen atoms in total. The lowest BCUT2D eigenvalue weighted by Crippen LogP contribution is -2.57. The van der Waals surface area contributed by atoms with Gasteiger partial charge in [0, 0.05) is 31.7 Å². The first-order valence-electron chi connectivity index (χ1n) is 7.16. The molecule has 1 aliphatic carbocycles. The van der Waals surface area contributed by atoms with E-state index in [2.05, 4.69) is 31.0 Å². The van der Waals surface area contributed by atoms with E-state index in [-0.39, 0.29) is 0 Å². The molecule has 2 atom stereocenters. The fourth-order valence-electron chi connectivity index (χ4n) is 3.58. The first kappa shape index (κ1) is 12.4. The Kier molecular flexibility index (Phi) is 4.26. The van der Waals surface area contributed by atoms with E-state index in [0.29, 0.717) is 0 Å². The van der Waals surface area contributed by atoms with Gasteiger partial charge < -0.3 is 5.32 Å². The highest BCUT2D eigenvalue weighted by atomic mass is 15.2. The summed E-state index contributed by atoms with van der Waals surface area (Å²) in [5.41, 5.74) is 0. The van der Waals surface area contributed by atoms with Crippen LogP contribution in [-0.4, -0.2) is 36.6 Å². The van der Waals surface area contributed by atoms with Crippen LogP contribution in [0, 0.1) is 11.8 Å². The number of hydrogen-bond acceptors (Lipinski definition) is 2. The molecular formula is C14H28N2. The lowest BCUT2D eigenvalue weighted by molar-refractivity contribution is 0.0570. The minimum atomic E-state index is 0.754. The third-order valence-corrected chi connectivity index (χ3v) is 4.70. The van der Waals surface area contributed by atoms with Crippen LogP contribution in [0.1, 0.15) is 46.5 Å². The van der Waals surface area contributed by atoms with Gasteiger partial charge in [0.25, 0.3) is 0 Å². The second-order valence-corrected chi connectivity index (χ2v) is 6.04. The van der Waals surface area contributed by atoms with E-state index in [9.17, 15) is 0 Å². The van der Waals surface area contributed by atoms with Gasteiger partial charge in [-0.25, -0.2) is 0 Å². The maximum Gasteiger partial charge on any atom is 0.0247 e. The molecule has 2 fully saturated rings. The van der Waals surface area contributed by atoms with Gasteiger partial charge >= 0.3 is 0 Å². The highest BCUT2D eigenvalue weighted by molar-refractivity contribution is 4.89. The standard InChI is InChI=1S/C14H28N2/c1-11(2)14-10-15-8-9-16(14)12(3)13-6-4-5-7-13/h11-15H,4-10H2,1-3H3. The minimum Gasteiger partial charge on any atom is -0.314 e. The van der Waals surface area contributed by atoms with Crippen molar-refractivity contribution in [3.8, 4) is 0 Å². The minimum absolute atomic E-state index is 0.754. The molecule has 2 heteroatoms. The van der Waals surface area contributed by atoms with Gasteiger partial charge in [-0.3, -0.25) is 4.90 Å². The Morgan fingerprint density at radius 1 is 1.12 bits per heavy atom. The Bertz CT molecular complexity index is 209. The summed E-state index contributed by atoms with van der Waals surface area (Å²) in [6, 6.07) is 1.56. The van der Waals surface area contributed by atoms with Gasteiger partial charge in [0.05, 0.1) is 0 Å². The van der Waals surface area contributed by atoms with Crippen molar-refractivity contribution in [2.45, 2.75) is 58.5 Å². The highest BCUT2D eigenvalue weighted by Gasteiger charge is 2.33. The zero-order valence-electron chi connectivity index (χ0n) is 11.2. The number of nitrogens with one attached hydrogen (secondary N) is 1. The van der Waals surface area contributed by atoms with Crippen LogP contribution in [0.25, 0.3) is 0 Å². The summed E-state index contributed by atoms with van der Waals surface area (Å²) in [6.07, 6.45) is 5.87. The summed E-state index contributed by atoms with van der Waals surface area (Å²) in [5, 5.41) is 3.55. The Balaban J connectivity index is 1.98. The molecule has 1 saturated carbocycles. The Labute approximate surface area is 101 Å². The van der Waals surface area contributed by atoms with Crippen LogP contribution in [0.4, 0.5) is 0 Å². The number of piperazine rings is 1. The van der Waals surface area contributed by atoms with Crippen molar-refractivity contribution in [2.75, 3.05) is 19.6 Å². The monoisotopic (exact) mass is 224 g/mol. The summed E-state index contributed by atoms with van der Waals surface area (Å²) in [5.74, 6) is 1.75. The fraction of sp³-hybridized carbons (Fsp3) is 1.00. The molecule has 94 valence electrons. The van der Waals surface area contributed by atoms with Gasteiger partial charge in [0.1, 0.15) is 0 Å². The van der Waals surface area contributed by atoms with Crippen molar-refractivity contribution >= 4 is 0 Å². The van der Waals surface area contributed by atoms with Crippen LogP contribution >= 0.6 is 0 Å². The van der Waals surface area contributed by atoms with E-state index in [1.807, 2.05) is 0 Å². The van der Waals surface area contributed by atoms with Crippen LogP contribution in [0.5, 0.6) is 0 Å². The van der Waals surface area contributed by atoms with Crippen LogP contribution in [0.15, 0.2) is 0 Å². The SMILES string of the molecule is CC(C)C1CNCCN1C(C)C1CCCC1. The van der Waals surface area contributed by atoms with Crippen molar-refractivity contribution in [1.29, 1.82) is 0 Å². The molecule has 0 spiro atoms. The smallest absolute Gasteiger partial charge is 0.0247 e. The first-order chi connectivity index (χ1) is 7.70. The molecule has 0 aromatic carbocycles. The number of hydrogen-bond donors (Lipinski definition) is 1. The van der Waals surface area contributed by atoms with Crippen molar-refractivity contribution in [3.63, 3.8) is 0 Å². The van der Waals surface area contributed by atoms with Gasteiger partial charge in [-0.15, -0.1) is 0 Å². The third-order valence-electron chi connectivity index (χ3n) is 4.70. The molecule has 1 N–H and O–H groups in total. The van der Waals surface area contributed by atoms with Crippen molar-refractivity contribution in [2.24, 2.45) is 11.8 Å². The zero-order chi connectivity index (χ0) is 11.5. The van der Waals surface area contributed by atoms with Gasteiger partial charge in [-0.1, -0.05) is 26.7 Å². The molecule has 16 heavy (non-hydrogen) atoms. The molecule has 0 aromatic rings. The predicted molar refractivity (Wildman–Crippen MR) is 69.6 cm³/mol. The van der Waals surface area contributed by atoms with E-state index in [1.54, 1.807) is 0 Å². The normalized spacial score (nSPS) is 31.1. The molecule has 2 rings (SSSR count). The van der Waals surface area contributed by atoms with Crippen molar-refractivity contribution in [1.82, 2.24) is 10.2 Å². The topological polar surface area (TPSA) is 15.3 Å². The lowest BCUT2D eigenvalue weighted by Gasteiger charge is -2.44. The van der Waals surface area contributed by atoms with E-state index in [4.69, 9.17) is 0 Å². The molecule has 0 bridgehead atoms. The van der Waals surface area contributed by atoms with Crippen molar-refractivity contribution < 1.29 is 0 Å². The second-order valence-electron chi connectivity index (χ2n) is 6.04. The van der Waals surface area contributed by atoms with E-state index >= 15 is 0 Å². The molecule has 2 unspecified atom stereocenters.